The minimum absolute atomic E-state index is 0.0580. The van der Waals surface area contributed by atoms with Gasteiger partial charge in [-0.2, -0.15) is 0 Å². The minimum atomic E-state index is -0.918. The molecule has 0 aliphatic rings. The Morgan fingerprint density at radius 3 is 1.72 bits per heavy atom. The molecule has 1 amide bonds. The Bertz CT molecular complexity index is 455. The van der Waals surface area contributed by atoms with Crippen LogP contribution >= 0.6 is 0 Å². The monoisotopic (exact) mass is 357 g/mol. The van der Waals surface area contributed by atoms with Gasteiger partial charge in [0.15, 0.2) is 0 Å². The molecular weight excluding hydrogens is 322 g/mol. The van der Waals surface area contributed by atoms with Crippen molar-refractivity contribution < 1.29 is 23.9 Å². The number of ether oxygens (including phenoxy) is 2. The van der Waals surface area contributed by atoms with Gasteiger partial charge in [-0.15, -0.1) is 0 Å². The summed E-state index contributed by atoms with van der Waals surface area (Å²) in [6.07, 6.45) is -0.342. The summed E-state index contributed by atoms with van der Waals surface area (Å²) in [4.78, 5) is 36.7. The van der Waals surface area contributed by atoms with Crippen molar-refractivity contribution in [2.45, 2.75) is 80.4 Å². The van der Waals surface area contributed by atoms with Crippen molar-refractivity contribution in [1.29, 1.82) is 0 Å². The molecule has 0 aromatic heterocycles. The summed E-state index contributed by atoms with van der Waals surface area (Å²) in [5.41, 5.74) is -0.674. The first-order valence-corrected chi connectivity index (χ1v) is 8.99. The number of amides is 1. The predicted molar refractivity (Wildman–Crippen MR) is 96.9 cm³/mol. The molecule has 0 aromatic carbocycles. The number of nitrogens with one attached hydrogen (secondary N) is 1. The highest BCUT2D eigenvalue weighted by Crippen LogP contribution is 2.22. The Morgan fingerprint density at radius 1 is 0.880 bits per heavy atom. The van der Waals surface area contributed by atoms with Crippen molar-refractivity contribution in [3.8, 4) is 0 Å². The average molecular weight is 357 g/mol. The molecule has 0 aliphatic heterocycles. The Balaban J connectivity index is 5.06. The van der Waals surface area contributed by atoms with Gasteiger partial charge in [-0.05, 0) is 44.9 Å². The van der Waals surface area contributed by atoms with E-state index in [0.717, 1.165) is 0 Å². The van der Waals surface area contributed by atoms with Crippen LogP contribution in [0.3, 0.4) is 0 Å². The number of alkyl carbamates (subject to hydrolysis) is 1. The lowest BCUT2D eigenvalue weighted by atomic mass is 9.86. The lowest BCUT2D eigenvalue weighted by molar-refractivity contribution is -0.166. The number of carbonyl (C=O) groups is 3. The van der Waals surface area contributed by atoms with Gasteiger partial charge in [0.05, 0.1) is 5.92 Å². The van der Waals surface area contributed by atoms with Crippen LogP contribution < -0.4 is 5.32 Å². The molecule has 0 fully saturated rings. The third-order valence-corrected chi connectivity index (χ3v) is 3.59. The summed E-state index contributed by atoms with van der Waals surface area (Å²) >= 11 is 0. The topological polar surface area (TPSA) is 81.7 Å². The zero-order valence-electron chi connectivity index (χ0n) is 17.1. The van der Waals surface area contributed by atoms with Gasteiger partial charge in [-0.1, -0.05) is 41.5 Å². The summed E-state index contributed by atoms with van der Waals surface area (Å²) in [5, 5.41) is 2.52. The predicted octanol–water partition coefficient (Wildman–Crippen LogP) is 3.92. The molecule has 0 rings (SSSR count). The number of rotatable bonds is 7. The molecule has 1 atom stereocenters. The fourth-order valence-corrected chi connectivity index (χ4v) is 2.69. The van der Waals surface area contributed by atoms with Crippen molar-refractivity contribution in [2.75, 3.05) is 0 Å². The molecule has 6 heteroatoms. The third kappa shape index (κ3) is 9.46. The summed E-state index contributed by atoms with van der Waals surface area (Å²) in [6, 6.07) is -0.918. The van der Waals surface area contributed by atoms with Crippen molar-refractivity contribution >= 4 is 18.0 Å². The summed E-state index contributed by atoms with van der Waals surface area (Å²) in [5.74, 6) is -1.41. The quantitative estimate of drug-likeness (QED) is 0.551. The molecule has 0 bridgehead atoms. The van der Waals surface area contributed by atoms with E-state index < -0.39 is 29.7 Å². The largest absolute Gasteiger partial charge is 0.444 e. The van der Waals surface area contributed by atoms with Crippen LogP contribution in [0, 0.1) is 23.7 Å². The van der Waals surface area contributed by atoms with E-state index in [2.05, 4.69) is 5.32 Å². The molecule has 0 aliphatic carbocycles. The molecule has 0 radical (unpaired) electrons. The maximum Gasteiger partial charge on any atom is 0.408 e. The van der Waals surface area contributed by atoms with Crippen molar-refractivity contribution in [1.82, 2.24) is 5.32 Å². The van der Waals surface area contributed by atoms with E-state index in [1.54, 1.807) is 20.8 Å². The van der Waals surface area contributed by atoms with Crippen LogP contribution in [0.15, 0.2) is 0 Å². The second-order valence-corrected chi connectivity index (χ2v) is 8.58. The SMILES string of the molecule is CC(C)C[C@H](NC(=O)OC(C)(C)C)C(=O)OC(=O)C(C(C)C)C(C)C. The number of carbonyl (C=O) groups excluding carboxylic acids is 3. The van der Waals surface area contributed by atoms with E-state index in [9.17, 15) is 14.4 Å². The van der Waals surface area contributed by atoms with Crippen LogP contribution in [0.5, 0.6) is 0 Å². The molecule has 0 aromatic rings. The van der Waals surface area contributed by atoms with Gasteiger partial charge in [0.2, 0.25) is 0 Å². The van der Waals surface area contributed by atoms with Gasteiger partial charge in [-0.3, -0.25) is 4.79 Å². The standard InChI is InChI=1S/C19H35NO5/c1-11(2)10-14(20-18(23)25-19(7,8)9)16(21)24-17(22)15(12(3)4)13(5)6/h11-15H,10H2,1-9H3,(H,20,23)/t14-/m0/s1. The molecule has 0 spiro atoms. The van der Waals surface area contributed by atoms with Gasteiger partial charge >= 0.3 is 18.0 Å². The molecule has 25 heavy (non-hydrogen) atoms. The zero-order valence-corrected chi connectivity index (χ0v) is 17.1. The van der Waals surface area contributed by atoms with Crippen molar-refractivity contribution in [3.05, 3.63) is 0 Å². The van der Waals surface area contributed by atoms with E-state index in [1.807, 2.05) is 41.5 Å². The fourth-order valence-electron chi connectivity index (χ4n) is 2.69. The number of hydrogen-bond donors (Lipinski definition) is 1. The maximum absolute atomic E-state index is 12.4. The second-order valence-electron chi connectivity index (χ2n) is 8.58. The zero-order chi connectivity index (χ0) is 19.9. The van der Waals surface area contributed by atoms with Gasteiger partial charge in [0.1, 0.15) is 11.6 Å². The molecule has 0 saturated carbocycles. The van der Waals surface area contributed by atoms with Crippen molar-refractivity contribution in [2.24, 2.45) is 23.7 Å². The first kappa shape index (κ1) is 23.4. The van der Waals surface area contributed by atoms with E-state index in [4.69, 9.17) is 9.47 Å². The van der Waals surface area contributed by atoms with E-state index in [-0.39, 0.29) is 23.7 Å². The average Bonchev–Trinajstić information content (AvgIpc) is 2.33. The Hall–Kier alpha value is -1.59. The second kappa shape index (κ2) is 9.78. The molecule has 146 valence electrons. The molecule has 0 saturated heterocycles. The summed E-state index contributed by atoms with van der Waals surface area (Å²) < 4.78 is 10.3. The molecule has 1 N–H and O–H groups in total. The molecule has 0 unspecified atom stereocenters. The van der Waals surface area contributed by atoms with Crippen LogP contribution in [0.4, 0.5) is 4.79 Å². The fraction of sp³-hybridized carbons (Fsp3) is 0.842. The summed E-state index contributed by atoms with van der Waals surface area (Å²) in [6.45, 7) is 16.7. The molecule has 6 nitrogen and oxygen atoms in total. The van der Waals surface area contributed by atoms with Gasteiger partial charge in [0, 0.05) is 0 Å². The highest BCUT2D eigenvalue weighted by molar-refractivity contribution is 5.91. The first-order valence-electron chi connectivity index (χ1n) is 8.99. The molecule has 0 heterocycles. The van der Waals surface area contributed by atoms with Crippen LogP contribution in [-0.2, 0) is 19.1 Å². The summed E-state index contributed by atoms with van der Waals surface area (Å²) in [7, 11) is 0. The smallest absolute Gasteiger partial charge is 0.408 e. The lowest BCUT2D eigenvalue weighted by Gasteiger charge is -2.25. The van der Waals surface area contributed by atoms with Crippen LogP contribution in [0.25, 0.3) is 0 Å². The lowest BCUT2D eigenvalue weighted by Crippen LogP contribution is -2.46. The first-order chi connectivity index (χ1) is 11.2. The minimum Gasteiger partial charge on any atom is -0.444 e. The number of hydrogen-bond acceptors (Lipinski definition) is 5. The normalized spacial score (nSPS) is 13.3. The highest BCUT2D eigenvalue weighted by Gasteiger charge is 2.32. The van der Waals surface area contributed by atoms with Crippen LogP contribution in [0.1, 0.15) is 68.7 Å². The van der Waals surface area contributed by atoms with E-state index >= 15 is 0 Å². The van der Waals surface area contributed by atoms with Crippen LogP contribution in [-0.4, -0.2) is 29.7 Å². The molecular formula is C19H35NO5. The van der Waals surface area contributed by atoms with Gasteiger partial charge < -0.3 is 14.8 Å². The van der Waals surface area contributed by atoms with E-state index in [1.165, 1.54) is 0 Å². The Kier molecular flexibility index (Phi) is 9.16. The Morgan fingerprint density at radius 2 is 1.36 bits per heavy atom. The highest BCUT2D eigenvalue weighted by atomic mass is 16.6. The third-order valence-electron chi connectivity index (χ3n) is 3.59. The Labute approximate surface area is 152 Å². The van der Waals surface area contributed by atoms with Crippen LogP contribution in [0.2, 0.25) is 0 Å². The van der Waals surface area contributed by atoms with E-state index in [0.29, 0.717) is 6.42 Å². The number of esters is 2. The maximum atomic E-state index is 12.4. The van der Waals surface area contributed by atoms with Gasteiger partial charge in [0.25, 0.3) is 0 Å². The van der Waals surface area contributed by atoms with Crippen molar-refractivity contribution in [3.63, 3.8) is 0 Å². The van der Waals surface area contributed by atoms with Gasteiger partial charge in [-0.25, -0.2) is 9.59 Å².